The van der Waals surface area contributed by atoms with Gasteiger partial charge in [-0.3, -0.25) is 14.4 Å². The monoisotopic (exact) mass is 588 g/mol. The van der Waals surface area contributed by atoms with Crippen molar-refractivity contribution in [2.75, 3.05) is 13.1 Å². The number of hydrogen-bond donors (Lipinski definition) is 1. The van der Waals surface area contributed by atoms with Crippen molar-refractivity contribution in [2.45, 2.75) is 56.8 Å². The SMILES string of the molecule is Cc1nn([C@@H]2CCN(C(C)c3cc(Cl)cc(OC(F)(F)F)c3)C2)c2cc(F)c(C(=O)NS(=O)(=O)C3CC3)cc12. The second-order valence-corrected chi connectivity index (χ2v) is 12.3. The maximum atomic E-state index is 15.0. The lowest BCUT2D eigenvalue weighted by Crippen LogP contribution is -2.33. The van der Waals surface area contributed by atoms with Gasteiger partial charge in [-0.2, -0.15) is 5.10 Å². The second-order valence-electron chi connectivity index (χ2n) is 9.94. The largest absolute Gasteiger partial charge is 0.573 e. The number of likely N-dealkylation sites (tertiary alicyclic amines) is 1. The van der Waals surface area contributed by atoms with E-state index < -0.39 is 39.1 Å². The molecule has 1 saturated carbocycles. The van der Waals surface area contributed by atoms with Crippen LogP contribution in [0.15, 0.2) is 30.3 Å². The van der Waals surface area contributed by atoms with Gasteiger partial charge in [0, 0.05) is 35.6 Å². The average Bonchev–Trinajstić information content (AvgIpc) is 3.50. The van der Waals surface area contributed by atoms with Crippen LogP contribution in [-0.2, 0) is 10.0 Å². The number of alkyl halides is 3. The average molecular weight is 589 g/mol. The molecule has 1 aliphatic heterocycles. The maximum absolute atomic E-state index is 15.0. The Morgan fingerprint density at radius 3 is 2.56 bits per heavy atom. The number of carbonyl (C=O) groups excluding carboxylic acids is 1. The zero-order chi connectivity index (χ0) is 28.3. The van der Waals surface area contributed by atoms with Gasteiger partial charge >= 0.3 is 6.36 Å². The van der Waals surface area contributed by atoms with Gasteiger partial charge in [-0.05, 0) is 62.9 Å². The second kappa shape index (κ2) is 9.93. The maximum Gasteiger partial charge on any atom is 0.573 e. The lowest BCUT2D eigenvalue weighted by atomic mass is 10.1. The molecule has 14 heteroatoms. The van der Waals surface area contributed by atoms with E-state index in [1.807, 2.05) is 11.6 Å². The van der Waals surface area contributed by atoms with E-state index in [1.165, 1.54) is 18.2 Å². The summed E-state index contributed by atoms with van der Waals surface area (Å²) in [4.78, 5) is 14.6. The zero-order valence-electron chi connectivity index (χ0n) is 20.9. The van der Waals surface area contributed by atoms with Gasteiger partial charge in [0.05, 0.1) is 28.1 Å². The number of ether oxygens (including phenoxy) is 1. The summed E-state index contributed by atoms with van der Waals surface area (Å²) in [5.74, 6) is -2.29. The highest BCUT2D eigenvalue weighted by Crippen LogP contribution is 2.36. The molecule has 1 amide bonds. The molecule has 2 atom stereocenters. The summed E-state index contributed by atoms with van der Waals surface area (Å²) >= 11 is 6.05. The lowest BCUT2D eigenvalue weighted by Gasteiger charge is -2.25. The third-order valence-corrected chi connectivity index (χ3v) is 9.16. The summed E-state index contributed by atoms with van der Waals surface area (Å²) in [7, 11) is -3.84. The van der Waals surface area contributed by atoms with Crippen molar-refractivity contribution in [1.29, 1.82) is 0 Å². The molecule has 39 heavy (non-hydrogen) atoms. The van der Waals surface area contributed by atoms with Crippen molar-refractivity contribution in [2.24, 2.45) is 0 Å². The number of aryl methyl sites for hydroxylation is 1. The van der Waals surface area contributed by atoms with Crippen molar-refractivity contribution in [3.63, 3.8) is 0 Å². The Labute approximate surface area is 226 Å². The van der Waals surface area contributed by atoms with Crippen LogP contribution in [0, 0.1) is 12.7 Å². The fraction of sp³-hybridized carbons (Fsp3) is 0.440. The summed E-state index contributed by atoms with van der Waals surface area (Å²) in [5, 5.41) is 4.57. The number of sulfonamides is 1. The molecule has 2 fully saturated rings. The van der Waals surface area contributed by atoms with Crippen molar-refractivity contribution < 1.29 is 35.5 Å². The van der Waals surface area contributed by atoms with E-state index in [-0.39, 0.29) is 22.7 Å². The molecule has 1 N–H and O–H groups in total. The molecule has 1 aliphatic carbocycles. The molecule has 2 aliphatic rings. The Morgan fingerprint density at radius 1 is 1.18 bits per heavy atom. The highest BCUT2D eigenvalue weighted by molar-refractivity contribution is 7.91. The van der Waals surface area contributed by atoms with Crippen LogP contribution < -0.4 is 9.46 Å². The Balaban J connectivity index is 1.36. The van der Waals surface area contributed by atoms with E-state index in [0.717, 1.165) is 6.07 Å². The number of amides is 1. The number of hydrogen-bond acceptors (Lipinski definition) is 6. The van der Waals surface area contributed by atoms with Gasteiger partial charge in [0.15, 0.2) is 0 Å². The highest BCUT2D eigenvalue weighted by Gasteiger charge is 2.38. The zero-order valence-corrected chi connectivity index (χ0v) is 22.5. The summed E-state index contributed by atoms with van der Waals surface area (Å²) in [5.41, 5.74) is 1.16. The molecule has 0 spiro atoms. The van der Waals surface area contributed by atoms with Crippen LogP contribution in [0.2, 0.25) is 5.02 Å². The first-order valence-electron chi connectivity index (χ1n) is 12.3. The molecule has 8 nitrogen and oxygen atoms in total. The number of carbonyl (C=O) groups is 1. The first-order chi connectivity index (χ1) is 18.2. The topological polar surface area (TPSA) is 93.5 Å². The van der Waals surface area contributed by atoms with Gasteiger partial charge in [-0.15, -0.1) is 13.2 Å². The summed E-state index contributed by atoms with van der Waals surface area (Å²) < 4.78 is 85.2. The van der Waals surface area contributed by atoms with Crippen LogP contribution in [0.5, 0.6) is 5.75 Å². The molecule has 2 aromatic carbocycles. The molecule has 1 unspecified atom stereocenters. The molecule has 5 rings (SSSR count). The third-order valence-electron chi connectivity index (χ3n) is 7.12. The third kappa shape index (κ3) is 5.85. The molecule has 1 aromatic heterocycles. The van der Waals surface area contributed by atoms with E-state index in [9.17, 15) is 26.4 Å². The van der Waals surface area contributed by atoms with Crippen LogP contribution in [0.1, 0.15) is 59.9 Å². The summed E-state index contributed by atoms with van der Waals surface area (Å²) in [6.07, 6.45) is -3.28. The van der Waals surface area contributed by atoms with Crippen LogP contribution in [-0.4, -0.2) is 53.7 Å². The van der Waals surface area contributed by atoms with E-state index in [2.05, 4.69) is 14.7 Å². The Kier molecular flexibility index (Phi) is 7.04. The summed E-state index contributed by atoms with van der Waals surface area (Å²) in [6.45, 7) is 4.63. The van der Waals surface area contributed by atoms with Crippen molar-refractivity contribution in [3.8, 4) is 5.75 Å². The van der Waals surface area contributed by atoms with Crippen LogP contribution in [0.4, 0.5) is 17.6 Å². The van der Waals surface area contributed by atoms with Crippen LogP contribution >= 0.6 is 11.6 Å². The predicted molar refractivity (Wildman–Crippen MR) is 136 cm³/mol. The predicted octanol–water partition coefficient (Wildman–Crippen LogP) is 5.27. The molecular formula is C25H25ClF4N4O4S. The first-order valence-corrected chi connectivity index (χ1v) is 14.2. The molecule has 0 bridgehead atoms. The first kappa shape index (κ1) is 27.7. The van der Waals surface area contributed by atoms with Gasteiger partial charge in [-0.1, -0.05) is 11.6 Å². The van der Waals surface area contributed by atoms with Gasteiger partial charge < -0.3 is 4.74 Å². The number of nitrogens with one attached hydrogen (secondary N) is 1. The number of aromatic nitrogens is 2. The number of rotatable bonds is 7. The number of benzene rings is 2. The van der Waals surface area contributed by atoms with E-state index in [0.29, 0.717) is 54.5 Å². The van der Waals surface area contributed by atoms with Gasteiger partial charge in [-0.25, -0.2) is 17.5 Å². The Bertz CT molecular complexity index is 1560. The molecule has 1 saturated heterocycles. The van der Waals surface area contributed by atoms with E-state index in [4.69, 9.17) is 11.6 Å². The standard InChI is InChI=1S/C25H25ClF4N4O4S/c1-13-20-10-21(24(35)32-39(36,37)19-3-4-19)22(27)11-23(20)34(31-13)17-5-6-33(12-17)14(2)15-7-16(26)9-18(8-15)38-25(28,29)30/h7-11,14,17,19H,3-6,12H2,1-2H3,(H,32,35)/t14?,17-/m1/s1. The van der Waals surface area contributed by atoms with Gasteiger partial charge in [0.1, 0.15) is 11.6 Å². The minimum atomic E-state index is -4.84. The minimum Gasteiger partial charge on any atom is -0.406 e. The Hall–Kier alpha value is -2.90. The van der Waals surface area contributed by atoms with Crippen molar-refractivity contribution in [3.05, 3.63) is 58.0 Å². The van der Waals surface area contributed by atoms with E-state index >= 15 is 4.39 Å². The van der Waals surface area contributed by atoms with Crippen LogP contribution in [0.3, 0.4) is 0 Å². The molecule has 0 radical (unpaired) electrons. The van der Waals surface area contributed by atoms with Crippen molar-refractivity contribution in [1.82, 2.24) is 19.4 Å². The van der Waals surface area contributed by atoms with Crippen molar-refractivity contribution >= 4 is 38.4 Å². The number of nitrogens with zero attached hydrogens (tertiary/aromatic N) is 3. The van der Waals surface area contributed by atoms with E-state index in [1.54, 1.807) is 17.7 Å². The summed E-state index contributed by atoms with van der Waals surface area (Å²) in [6, 6.07) is 6.00. The fourth-order valence-electron chi connectivity index (χ4n) is 4.96. The minimum absolute atomic E-state index is 0.114. The smallest absolute Gasteiger partial charge is 0.406 e. The fourth-order valence-corrected chi connectivity index (χ4v) is 6.48. The highest BCUT2D eigenvalue weighted by atomic mass is 35.5. The number of halogens is 5. The molecule has 2 heterocycles. The van der Waals surface area contributed by atoms with Gasteiger partial charge in [0.25, 0.3) is 5.91 Å². The molecule has 210 valence electrons. The van der Waals surface area contributed by atoms with Crippen LogP contribution in [0.25, 0.3) is 10.9 Å². The molecular weight excluding hydrogens is 564 g/mol. The molecule has 3 aromatic rings. The van der Waals surface area contributed by atoms with Gasteiger partial charge in [0.2, 0.25) is 10.0 Å². The normalized spacial score (nSPS) is 19.4. The number of fused-ring (bicyclic) bond motifs is 1. The quantitative estimate of drug-likeness (QED) is 0.378. The Morgan fingerprint density at radius 2 is 1.90 bits per heavy atom. The lowest BCUT2D eigenvalue weighted by molar-refractivity contribution is -0.274.